The summed E-state index contributed by atoms with van der Waals surface area (Å²) in [6.07, 6.45) is 3.18. The average molecular weight is 522 g/mol. The van der Waals surface area contributed by atoms with Crippen LogP contribution in [0.5, 0.6) is 0 Å². The predicted molar refractivity (Wildman–Crippen MR) is 137 cm³/mol. The van der Waals surface area contributed by atoms with Crippen LogP contribution in [0.25, 0.3) is 0 Å². The number of carbonyl (C=O) groups is 4. The van der Waals surface area contributed by atoms with Crippen LogP contribution >= 0.6 is 11.6 Å². The first kappa shape index (κ1) is 25.7. The van der Waals surface area contributed by atoms with E-state index in [0.29, 0.717) is 29.2 Å². The fourth-order valence-corrected chi connectivity index (χ4v) is 3.76. The Labute approximate surface area is 218 Å². The van der Waals surface area contributed by atoms with Crippen molar-refractivity contribution in [3.63, 3.8) is 0 Å². The summed E-state index contributed by atoms with van der Waals surface area (Å²) in [7, 11) is 0. The van der Waals surface area contributed by atoms with E-state index in [1.165, 1.54) is 36.6 Å². The van der Waals surface area contributed by atoms with Crippen molar-refractivity contribution in [1.29, 1.82) is 0 Å². The summed E-state index contributed by atoms with van der Waals surface area (Å²) in [5, 5.41) is 5.31. The number of nitrogens with zero attached hydrogens (tertiary/aromatic N) is 1. The van der Waals surface area contributed by atoms with E-state index < -0.39 is 17.8 Å². The molecule has 1 aromatic heterocycles. The molecule has 2 N–H and O–H groups in total. The molecular formula is C27H24ClN3O6. The van der Waals surface area contributed by atoms with Crippen LogP contribution in [0.2, 0.25) is 0 Å². The number of hydrogen-bond acceptors (Lipinski definition) is 7. The molecule has 0 bridgehead atoms. The van der Waals surface area contributed by atoms with Crippen LogP contribution in [-0.4, -0.2) is 30.3 Å². The highest BCUT2D eigenvalue weighted by Gasteiger charge is 2.39. The van der Waals surface area contributed by atoms with E-state index in [4.69, 9.17) is 20.8 Å². The lowest BCUT2D eigenvalue weighted by atomic mass is 10.1. The second-order valence-corrected chi connectivity index (χ2v) is 8.52. The average Bonchev–Trinajstić information content (AvgIpc) is 3.50. The van der Waals surface area contributed by atoms with E-state index >= 15 is 0 Å². The summed E-state index contributed by atoms with van der Waals surface area (Å²) >= 11 is 6.22. The Morgan fingerprint density at radius 1 is 1.00 bits per heavy atom. The molecule has 9 nitrogen and oxygen atoms in total. The highest BCUT2D eigenvalue weighted by atomic mass is 35.5. The quantitative estimate of drug-likeness (QED) is 0.227. The standard InChI is InChI=1S/C27H24ClN3O6/c1-2-3-13-37-27(35)17-9-11-20(12-10-17)31-25(33)22(28)23(26(31)34)30-19-7-4-6-18(15-19)24(32)29-16-21-8-5-14-36-21/h4-12,14-15,30H,2-3,13,16H2,1H3,(H,29,32). The highest BCUT2D eigenvalue weighted by Crippen LogP contribution is 2.30. The summed E-state index contributed by atoms with van der Waals surface area (Å²) in [5.74, 6) is -1.59. The normalized spacial score (nSPS) is 13.2. The third-order valence-electron chi connectivity index (χ3n) is 5.52. The zero-order chi connectivity index (χ0) is 26.4. The Morgan fingerprint density at radius 2 is 1.78 bits per heavy atom. The molecule has 0 spiro atoms. The maximum absolute atomic E-state index is 13.1. The number of imide groups is 1. The topological polar surface area (TPSA) is 118 Å². The van der Waals surface area contributed by atoms with Gasteiger partial charge in [-0.3, -0.25) is 14.4 Å². The predicted octanol–water partition coefficient (Wildman–Crippen LogP) is 4.60. The van der Waals surface area contributed by atoms with Crippen LogP contribution in [0, 0.1) is 0 Å². The molecule has 2 heterocycles. The molecule has 1 aliphatic rings. The minimum absolute atomic E-state index is 0.122. The lowest BCUT2D eigenvalue weighted by Gasteiger charge is -2.15. The van der Waals surface area contributed by atoms with Crippen molar-refractivity contribution in [3.05, 3.63) is 94.5 Å². The van der Waals surface area contributed by atoms with E-state index in [-0.39, 0.29) is 28.9 Å². The maximum Gasteiger partial charge on any atom is 0.338 e. The minimum Gasteiger partial charge on any atom is -0.467 e. The fraction of sp³-hybridized carbons (Fsp3) is 0.185. The van der Waals surface area contributed by atoms with Crippen molar-refractivity contribution in [3.8, 4) is 0 Å². The van der Waals surface area contributed by atoms with Gasteiger partial charge in [-0.25, -0.2) is 9.69 Å². The van der Waals surface area contributed by atoms with E-state index in [2.05, 4.69) is 10.6 Å². The molecule has 190 valence electrons. The second kappa shape index (κ2) is 11.6. The van der Waals surface area contributed by atoms with Crippen molar-refractivity contribution < 1.29 is 28.3 Å². The number of carbonyl (C=O) groups excluding carboxylic acids is 4. The second-order valence-electron chi connectivity index (χ2n) is 8.14. The maximum atomic E-state index is 13.1. The molecule has 3 aromatic rings. The molecule has 0 aliphatic carbocycles. The van der Waals surface area contributed by atoms with E-state index in [9.17, 15) is 19.2 Å². The number of furan rings is 1. The van der Waals surface area contributed by atoms with Crippen LogP contribution in [0.1, 0.15) is 46.2 Å². The highest BCUT2D eigenvalue weighted by molar-refractivity contribution is 6.53. The molecule has 0 fully saturated rings. The summed E-state index contributed by atoms with van der Waals surface area (Å²) < 4.78 is 10.4. The molecule has 0 radical (unpaired) electrons. The fourth-order valence-electron chi connectivity index (χ4n) is 3.55. The lowest BCUT2D eigenvalue weighted by molar-refractivity contribution is -0.120. The number of unbranched alkanes of at least 4 members (excludes halogenated alkanes) is 1. The van der Waals surface area contributed by atoms with Crippen LogP contribution in [-0.2, 0) is 20.9 Å². The van der Waals surface area contributed by atoms with Gasteiger partial charge in [-0.1, -0.05) is 31.0 Å². The number of benzene rings is 2. The smallest absolute Gasteiger partial charge is 0.338 e. The largest absolute Gasteiger partial charge is 0.467 e. The van der Waals surface area contributed by atoms with E-state index in [0.717, 1.165) is 17.7 Å². The molecule has 1 aliphatic heterocycles. The van der Waals surface area contributed by atoms with Gasteiger partial charge in [-0.15, -0.1) is 0 Å². The number of anilines is 2. The molecule has 0 unspecified atom stereocenters. The first-order valence-electron chi connectivity index (χ1n) is 11.6. The summed E-state index contributed by atoms with van der Waals surface area (Å²) in [6.45, 7) is 2.53. The minimum atomic E-state index is -0.709. The van der Waals surface area contributed by atoms with Crippen molar-refractivity contribution >= 4 is 46.7 Å². The van der Waals surface area contributed by atoms with Gasteiger partial charge in [-0.05, 0) is 61.0 Å². The Kier molecular flexibility index (Phi) is 8.05. The van der Waals surface area contributed by atoms with Gasteiger partial charge >= 0.3 is 5.97 Å². The van der Waals surface area contributed by atoms with Crippen LogP contribution < -0.4 is 15.5 Å². The van der Waals surface area contributed by atoms with Crippen LogP contribution in [0.15, 0.2) is 82.1 Å². The molecule has 3 amide bonds. The van der Waals surface area contributed by atoms with Gasteiger partial charge in [0.2, 0.25) is 0 Å². The number of nitrogens with one attached hydrogen (secondary N) is 2. The van der Waals surface area contributed by atoms with Crippen LogP contribution in [0.3, 0.4) is 0 Å². The monoisotopic (exact) mass is 521 g/mol. The zero-order valence-corrected chi connectivity index (χ0v) is 20.7. The molecule has 0 saturated carbocycles. The Hall–Kier alpha value is -4.37. The van der Waals surface area contributed by atoms with Gasteiger partial charge in [0.15, 0.2) is 0 Å². The number of ether oxygens (including phenoxy) is 1. The summed E-state index contributed by atoms with van der Waals surface area (Å²) in [6, 6.07) is 15.8. The zero-order valence-electron chi connectivity index (χ0n) is 20.0. The summed E-state index contributed by atoms with van der Waals surface area (Å²) in [4.78, 5) is 51.4. The van der Waals surface area contributed by atoms with Crippen molar-refractivity contribution in [2.24, 2.45) is 0 Å². The molecule has 2 aromatic carbocycles. The SMILES string of the molecule is CCCCOC(=O)c1ccc(N2C(=O)C(Cl)=C(Nc3cccc(C(=O)NCc4ccco4)c3)C2=O)cc1. The van der Waals surface area contributed by atoms with Gasteiger partial charge in [0.1, 0.15) is 16.5 Å². The molecule has 4 rings (SSSR count). The van der Waals surface area contributed by atoms with Crippen molar-refractivity contribution in [1.82, 2.24) is 5.32 Å². The first-order valence-corrected chi connectivity index (χ1v) is 12.0. The van der Waals surface area contributed by atoms with Crippen molar-refractivity contribution in [2.45, 2.75) is 26.3 Å². The molecule has 10 heteroatoms. The van der Waals surface area contributed by atoms with Gasteiger partial charge < -0.3 is 19.8 Å². The molecular weight excluding hydrogens is 498 g/mol. The van der Waals surface area contributed by atoms with Gasteiger partial charge in [-0.2, -0.15) is 0 Å². The third-order valence-corrected chi connectivity index (χ3v) is 5.87. The number of rotatable bonds is 10. The Morgan fingerprint density at radius 3 is 2.49 bits per heavy atom. The van der Waals surface area contributed by atoms with E-state index in [1.807, 2.05) is 6.92 Å². The molecule has 0 saturated heterocycles. The van der Waals surface area contributed by atoms with Gasteiger partial charge in [0.05, 0.1) is 30.7 Å². The van der Waals surface area contributed by atoms with Crippen molar-refractivity contribution in [2.75, 3.05) is 16.8 Å². The summed E-state index contributed by atoms with van der Waals surface area (Å²) in [5.41, 5.74) is 1.16. The van der Waals surface area contributed by atoms with Gasteiger partial charge in [0.25, 0.3) is 17.7 Å². The number of hydrogen-bond donors (Lipinski definition) is 2. The first-order chi connectivity index (χ1) is 17.9. The van der Waals surface area contributed by atoms with E-state index in [1.54, 1.807) is 30.3 Å². The number of halogens is 1. The third kappa shape index (κ3) is 5.90. The number of amides is 3. The molecule has 0 atom stereocenters. The lowest BCUT2D eigenvalue weighted by Crippen LogP contribution is -2.32. The van der Waals surface area contributed by atoms with Crippen LogP contribution in [0.4, 0.5) is 11.4 Å². The van der Waals surface area contributed by atoms with Gasteiger partial charge in [0, 0.05) is 11.3 Å². The number of esters is 1. The Balaban J connectivity index is 1.44. The molecule has 37 heavy (non-hydrogen) atoms. The Bertz CT molecular complexity index is 1350.